The first kappa shape index (κ1) is 13.3. The average molecular weight is 286 g/mol. The standard InChI is InChI=1S/C14H14N4O3/c19-12(16-17-13(20)9-5-6-9)7-18-8-15-11-4-2-1-3-10(11)14(18)21/h1-4,8-9H,5-7H2,(H,16,19)(H,17,20). The lowest BCUT2D eigenvalue weighted by Gasteiger charge is -2.08. The normalized spacial score (nSPS) is 13.9. The number of aromatic nitrogens is 2. The summed E-state index contributed by atoms with van der Waals surface area (Å²) in [5.41, 5.74) is 4.95. The Hall–Kier alpha value is -2.70. The fourth-order valence-electron chi connectivity index (χ4n) is 1.99. The third kappa shape index (κ3) is 2.91. The molecule has 3 rings (SSSR count). The van der Waals surface area contributed by atoms with Crippen LogP contribution in [0.3, 0.4) is 0 Å². The van der Waals surface area contributed by atoms with Crippen molar-refractivity contribution in [3.63, 3.8) is 0 Å². The van der Waals surface area contributed by atoms with Crippen molar-refractivity contribution in [2.75, 3.05) is 0 Å². The van der Waals surface area contributed by atoms with Crippen LogP contribution in [0.15, 0.2) is 35.4 Å². The largest absolute Gasteiger partial charge is 0.289 e. The molecule has 21 heavy (non-hydrogen) atoms. The highest BCUT2D eigenvalue weighted by molar-refractivity contribution is 5.84. The van der Waals surface area contributed by atoms with E-state index in [1.807, 2.05) is 0 Å². The molecule has 0 spiro atoms. The number of carbonyl (C=O) groups excluding carboxylic acids is 2. The quantitative estimate of drug-likeness (QED) is 0.774. The van der Waals surface area contributed by atoms with E-state index in [2.05, 4.69) is 15.8 Å². The molecule has 1 fully saturated rings. The topological polar surface area (TPSA) is 93.1 Å². The molecule has 1 aliphatic rings. The molecule has 2 amide bonds. The monoisotopic (exact) mass is 286 g/mol. The van der Waals surface area contributed by atoms with Gasteiger partial charge >= 0.3 is 0 Å². The Labute approximate surface area is 120 Å². The van der Waals surface area contributed by atoms with E-state index >= 15 is 0 Å². The van der Waals surface area contributed by atoms with Crippen molar-refractivity contribution >= 4 is 22.7 Å². The van der Waals surface area contributed by atoms with Gasteiger partial charge in [0, 0.05) is 5.92 Å². The van der Waals surface area contributed by atoms with Gasteiger partial charge in [-0.3, -0.25) is 29.8 Å². The van der Waals surface area contributed by atoms with Crippen LogP contribution in [0.1, 0.15) is 12.8 Å². The zero-order valence-corrected chi connectivity index (χ0v) is 11.2. The number of benzene rings is 1. The van der Waals surface area contributed by atoms with Crippen LogP contribution in [0.5, 0.6) is 0 Å². The van der Waals surface area contributed by atoms with Gasteiger partial charge in [-0.05, 0) is 25.0 Å². The minimum Gasteiger partial charge on any atom is -0.289 e. The predicted molar refractivity (Wildman–Crippen MR) is 75.0 cm³/mol. The summed E-state index contributed by atoms with van der Waals surface area (Å²) in [6, 6.07) is 6.93. The molecule has 0 bridgehead atoms. The third-order valence-electron chi connectivity index (χ3n) is 3.32. The lowest BCUT2D eigenvalue weighted by atomic mass is 10.2. The molecule has 2 N–H and O–H groups in total. The summed E-state index contributed by atoms with van der Waals surface area (Å²) in [5, 5.41) is 0.454. The molecule has 0 aliphatic heterocycles. The number of hydrazine groups is 1. The molecular weight excluding hydrogens is 272 g/mol. The summed E-state index contributed by atoms with van der Waals surface area (Å²) in [4.78, 5) is 39.4. The average Bonchev–Trinajstić information content (AvgIpc) is 3.33. The van der Waals surface area contributed by atoms with E-state index in [1.165, 1.54) is 10.9 Å². The molecular formula is C14H14N4O3. The molecule has 0 atom stereocenters. The number of rotatable bonds is 3. The van der Waals surface area contributed by atoms with Crippen molar-refractivity contribution in [1.82, 2.24) is 20.4 Å². The van der Waals surface area contributed by atoms with Crippen LogP contribution < -0.4 is 16.4 Å². The summed E-state index contributed by atoms with van der Waals surface area (Å²) in [6.07, 6.45) is 3.04. The number of nitrogens with zero attached hydrogens (tertiary/aromatic N) is 2. The zero-order valence-electron chi connectivity index (χ0n) is 11.2. The first-order chi connectivity index (χ1) is 10.1. The van der Waals surface area contributed by atoms with Crippen LogP contribution in [0, 0.1) is 5.92 Å². The Morgan fingerprint density at radius 1 is 1.24 bits per heavy atom. The van der Waals surface area contributed by atoms with Gasteiger partial charge in [0.05, 0.1) is 17.2 Å². The summed E-state index contributed by atoms with van der Waals surface area (Å²) >= 11 is 0. The first-order valence-electron chi connectivity index (χ1n) is 6.68. The van der Waals surface area contributed by atoms with E-state index < -0.39 is 5.91 Å². The Kier molecular flexibility index (Phi) is 3.39. The highest BCUT2D eigenvalue weighted by Crippen LogP contribution is 2.28. The summed E-state index contributed by atoms with van der Waals surface area (Å²) in [6.45, 7) is -0.193. The fourth-order valence-corrected chi connectivity index (χ4v) is 1.99. The lowest BCUT2D eigenvalue weighted by molar-refractivity contribution is -0.129. The van der Waals surface area contributed by atoms with Crippen LogP contribution in [0.25, 0.3) is 10.9 Å². The van der Waals surface area contributed by atoms with Crippen molar-refractivity contribution in [2.24, 2.45) is 5.92 Å². The molecule has 7 heteroatoms. The fraction of sp³-hybridized carbons (Fsp3) is 0.286. The second-order valence-corrected chi connectivity index (χ2v) is 5.01. The smallest absolute Gasteiger partial charge is 0.261 e. The van der Waals surface area contributed by atoms with Gasteiger partial charge in [-0.25, -0.2) is 4.98 Å². The molecule has 1 aliphatic carbocycles. The molecule has 1 saturated carbocycles. The third-order valence-corrected chi connectivity index (χ3v) is 3.32. The van der Waals surface area contributed by atoms with Crippen molar-refractivity contribution < 1.29 is 9.59 Å². The van der Waals surface area contributed by atoms with Gasteiger partial charge in [0.2, 0.25) is 5.91 Å². The Morgan fingerprint density at radius 3 is 2.76 bits per heavy atom. The van der Waals surface area contributed by atoms with Gasteiger partial charge in [-0.15, -0.1) is 0 Å². The lowest BCUT2D eigenvalue weighted by Crippen LogP contribution is -2.44. The molecule has 7 nitrogen and oxygen atoms in total. The summed E-state index contributed by atoms with van der Waals surface area (Å²) < 4.78 is 1.21. The predicted octanol–water partition coefficient (Wildman–Crippen LogP) is -0.0461. The zero-order chi connectivity index (χ0) is 14.8. The van der Waals surface area contributed by atoms with Crippen molar-refractivity contribution in [2.45, 2.75) is 19.4 Å². The Bertz CT molecular complexity index is 764. The number of carbonyl (C=O) groups is 2. The number of fused-ring (bicyclic) bond motifs is 1. The van der Waals surface area contributed by atoms with Crippen molar-refractivity contribution in [3.05, 3.63) is 40.9 Å². The van der Waals surface area contributed by atoms with E-state index in [0.29, 0.717) is 10.9 Å². The van der Waals surface area contributed by atoms with Crippen LogP contribution >= 0.6 is 0 Å². The highest BCUT2D eigenvalue weighted by Gasteiger charge is 2.29. The maximum absolute atomic E-state index is 12.2. The maximum Gasteiger partial charge on any atom is 0.261 e. The number of nitrogens with one attached hydrogen (secondary N) is 2. The molecule has 1 heterocycles. The Morgan fingerprint density at radius 2 is 2.00 bits per heavy atom. The minimum absolute atomic E-state index is 0.00959. The van der Waals surface area contributed by atoms with Crippen LogP contribution in [-0.2, 0) is 16.1 Å². The summed E-state index contributed by atoms with van der Waals surface area (Å²) in [5.74, 6) is -0.647. The van der Waals surface area contributed by atoms with Crippen LogP contribution in [0.2, 0.25) is 0 Å². The second-order valence-electron chi connectivity index (χ2n) is 5.01. The second kappa shape index (κ2) is 5.35. The number of para-hydroxylation sites is 1. The minimum atomic E-state index is -0.469. The molecule has 1 aromatic heterocycles. The molecule has 2 aromatic rings. The number of amides is 2. The van der Waals surface area contributed by atoms with Gasteiger partial charge in [0.1, 0.15) is 6.54 Å². The maximum atomic E-state index is 12.2. The van der Waals surface area contributed by atoms with E-state index in [0.717, 1.165) is 12.8 Å². The molecule has 1 aromatic carbocycles. The highest BCUT2D eigenvalue weighted by atomic mass is 16.2. The van der Waals surface area contributed by atoms with E-state index in [-0.39, 0.29) is 23.9 Å². The molecule has 0 unspecified atom stereocenters. The van der Waals surface area contributed by atoms with E-state index in [9.17, 15) is 14.4 Å². The Balaban J connectivity index is 1.69. The van der Waals surface area contributed by atoms with Gasteiger partial charge in [-0.2, -0.15) is 0 Å². The number of hydrogen-bond donors (Lipinski definition) is 2. The summed E-state index contributed by atoms with van der Waals surface area (Å²) in [7, 11) is 0. The van der Waals surface area contributed by atoms with Crippen molar-refractivity contribution in [1.29, 1.82) is 0 Å². The number of hydrogen-bond acceptors (Lipinski definition) is 4. The van der Waals surface area contributed by atoms with Crippen LogP contribution in [0.4, 0.5) is 0 Å². The molecule has 0 saturated heterocycles. The van der Waals surface area contributed by atoms with Gasteiger partial charge < -0.3 is 0 Å². The van der Waals surface area contributed by atoms with Crippen molar-refractivity contribution in [3.8, 4) is 0 Å². The van der Waals surface area contributed by atoms with Crippen LogP contribution in [-0.4, -0.2) is 21.4 Å². The van der Waals surface area contributed by atoms with Gasteiger partial charge in [-0.1, -0.05) is 12.1 Å². The van der Waals surface area contributed by atoms with E-state index in [1.54, 1.807) is 24.3 Å². The van der Waals surface area contributed by atoms with E-state index in [4.69, 9.17) is 0 Å². The van der Waals surface area contributed by atoms with Gasteiger partial charge in [0.25, 0.3) is 11.5 Å². The van der Waals surface area contributed by atoms with Gasteiger partial charge in [0.15, 0.2) is 0 Å². The molecule has 108 valence electrons. The SMILES string of the molecule is O=C(Cn1cnc2ccccc2c1=O)NNC(=O)C1CC1. The first-order valence-corrected chi connectivity index (χ1v) is 6.68. The molecule has 0 radical (unpaired) electrons.